The first-order valence-electron chi connectivity index (χ1n) is 6.85. The molecule has 0 radical (unpaired) electrons. The lowest BCUT2D eigenvalue weighted by molar-refractivity contribution is 0.415. The summed E-state index contributed by atoms with van der Waals surface area (Å²) in [6, 6.07) is 6.90. The number of ether oxygens (including phenoxy) is 1. The molecule has 2 rings (SSSR count). The second-order valence-corrected chi connectivity index (χ2v) is 8.38. The van der Waals surface area contributed by atoms with Crippen LogP contribution in [0, 0.1) is 0 Å². The van der Waals surface area contributed by atoms with Crippen LogP contribution in [0.5, 0.6) is 5.75 Å². The van der Waals surface area contributed by atoms with E-state index in [1.165, 1.54) is 7.11 Å². The maximum atomic E-state index is 12.1. The molecule has 1 heterocycles. The number of nitrogens with zero attached hydrogens (tertiary/aromatic N) is 1. The Bertz CT molecular complexity index is 823. The number of aromatic nitrogens is 1. The van der Waals surface area contributed by atoms with Crippen LogP contribution in [0.3, 0.4) is 0 Å². The number of nitrogen functional groups attached to an aromatic ring is 1. The monoisotopic (exact) mass is 399 g/mol. The highest BCUT2D eigenvalue weighted by molar-refractivity contribution is 9.10. The van der Waals surface area contributed by atoms with Crippen LogP contribution < -0.4 is 15.2 Å². The number of rotatable bonds is 5. The van der Waals surface area contributed by atoms with Gasteiger partial charge in [0.25, 0.3) is 0 Å². The van der Waals surface area contributed by atoms with Gasteiger partial charge in [0.2, 0.25) is 10.0 Å². The fourth-order valence-corrected chi connectivity index (χ4v) is 2.91. The zero-order valence-corrected chi connectivity index (χ0v) is 15.4. The number of halogens is 1. The number of pyridine rings is 1. The first-order valence-corrected chi connectivity index (χ1v) is 9.19. The third kappa shape index (κ3) is 4.14. The second-order valence-electron chi connectivity index (χ2n) is 5.23. The van der Waals surface area contributed by atoms with Crippen LogP contribution in [0.4, 0.5) is 11.5 Å². The average Bonchev–Trinajstić information content (AvgIpc) is 2.48. The van der Waals surface area contributed by atoms with Crippen molar-refractivity contribution in [2.45, 2.75) is 19.1 Å². The molecule has 0 aliphatic rings. The second kappa shape index (κ2) is 6.76. The van der Waals surface area contributed by atoms with Crippen molar-refractivity contribution in [2.24, 2.45) is 0 Å². The van der Waals surface area contributed by atoms with Crippen LogP contribution >= 0.6 is 15.9 Å². The molecule has 0 unspecified atom stereocenters. The number of hydrogen-bond donors (Lipinski definition) is 2. The van der Waals surface area contributed by atoms with Crippen molar-refractivity contribution in [2.75, 3.05) is 17.6 Å². The molecule has 6 nitrogen and oxygen atoms in total. The summed E-state index contributed by atoms with van der Waals surface area (Å²) in [6.07, 6.45) is 1.60. The summed E-state index contributed by atoms with van der Waals surface area (Å²) < 4.78 is 32.7. The van der Waals surface area contributed by atoms with Gasteiger partial charge in [-0.05, 0) is 53.5 Å². The molecule has 0 saturated carbocycles. The molecule has 1 aromatic heterocycles. The van der Waals surface area contributed by atoms with Crippen molar-refractivity contribution in [3.05, 3.63) is 34.9 Å². The van der Waals surface area contributed by atoms with E-state index in [2.05, 4.69) is 25.6 Å². The molecule has 3 N–H and O–H groups in total. The van der Waals surface area contributed by atoms with Gasteiger partial charge < -0.3 is 10.5 Å². The Morgan fingerprint density at radius 3 is 2.57 bits per heavy atom. The zero-order chi connectivity index (χ0) is 17.2. The fourth-order valence-electron chi connectivity index (χ4n) is 1.89. The minimum absolute atomic E-state index is 0.346. The highest BCUT2D eigenvalue weighted by atomic mass is 79.9. The normalized spacial score (nSPS) is 11.5. The third-order valence-electron chi connectivity index (χ3n) is 3.22. The van der Waals surface area contributed by atoms with Crippen LogP contribution in [-0.4, -0.2) is 25.8 Å². The maximum Gasteiger partial charge on any atom is 0.235 e. The summed E-state index contributed by atoms with van der Waals surface area (Å²) >= 11 is 3.35. The van der Waals surface area contributed by atoms with Crippen molar-refractivity contribution < 1.29 is 13.2 Å². The van der Waals surface area contributed by atoms with Gasteiger partial charge in [0.1, 0.15) is 11.6 Å². The van der Waals surface area contributed by atoms with E-state index in [9.17, 15) is 8.42 Å². The molecule has 0 aliphatic heterocycles. The Hall–Kier alpha value is -1.80. The van der Waals surface area contributed by atoms with Crippen LogP contribution in [0.1, 0.15) is 13.8 Å². The molecule has 0 saturated heterocycles. The van der Waals surface area contributed by atoms with E-state index in [0.29, 0.717) is 28.4 Å². The Morgan fingerprint density at radius 1 is 1.26 bits per heavy atom. The van der Waals surface area contributed by atoms with E-state index in [0.717, 1.165) is 4.47 Å². The molecule has 0 atom stereocenters. The Labute approximate surface area is 144 Å². The predicted octanol–water partition coefficient (Wildman–Crippen LogP) is 3.25. The summed E-state index contributed by atoms with van der Waals surface area (Å²) in [5.74, 6) is 0.863. The first-order chi connectivity index (χ1) is 10.7. The Kier molecular flexibility index (Phi) is 5.16. The van der Waals surface area contributed by atoms with Crippen molar-refractivity contribution in [3.63, 3.8) is 0 Å². The number of hydrogen-bond acceptors (Lipinski definition) is 5. The van der Waals surface area contributed by atoms with Crippen LogP contribution in [0.15, 0.2) is 34.9 Å². The molecule has 124 valence electrons. The van der Waals surface area contributed by atoms with E-state index in [1.54, 1.807) is 38.2 Å². The summed E-state index contributed by atoms with van der Waals surface area (Å²) in [5, 5.41) is -0.547. The molecular formula is C15H18BrN3O3S. The van der Waals surface area contributed by atoms with E-state index in [4.69, 9.17) is 10.5 Å². The molecular weight excluding hydrogens is 382 g/mol. The highest BCUT2D eigenvalue weighted by Gasteiger charge is 2.17. The number of methoxy groups -OCH3 is 1. The molecule has 8 heteroatoms. The predicted molar refractivity (Wildman–Crippen MR) is 96.0 cm³/mol. The summed E-state index contributed by atoms with van der Waals surface area (Å²) in [4.78, 5) is 4.09. The summed E-state index contributed by atoms with van der Waals surface area (Å²) in [5.41, 5.74) is 7.73. The summed E-state index contributed by atoms with van der Waals surface area (Å²) in [6.45, 7) is 3.22. The Balaban J connectivity index is 2.54. The molecule has 0 amide bonds. The van der Waals surface area contributed by atoms with E-state index >= 15 is 0 Å². The van der Waals surface area contributed by atoms with Gasteiger partial charge in [-0.15, -0.1) is 0 Å². The highest BCUT2D eigenvalue weighted by Crippen LogP contribution is 2.33. The van der Waals surface area contributed by atoms with Gasteiger partial charge in [-0.2, -0.15) is 0 Å². The number of nitrogens with one attached hydrogen (secondary N) is 1. The van der Waals surface area contributed by atoms with Gasteiger partial charge in [0, 0.05) is 22.3 Å². The average molecular weight is 400 g/mol. The fraction of sp³-hybridized carbons (Fsp3) is 0.267. The van der Waals surface area contributed by atoms with Crippen molar-refractivity contribution in [1.29, 1.82) is 0 Å². The molecule has 23 heavy (non-hydrogen) atoms. The largest absolute Gasteiger partial charge is 0.497 e. The Morgan fingerprint density at radius 2 is 1.96 bits per heavy atom. The smallest absolute Gasteiger partial charge is 0.235 e. The van der Waals surface area contributed by atoms with Gasteiger partial charge in [0.05, 0.1) is 18.0 Å². The minimum Gasteiger partial charge on any atom is -0.497 e. The van der Waals surface area contributed by atoms with Gasteiger partial charge in [0.15, 0.2) is 0 Å². The van der Waals surface area contributed by atoms with Crippen LogP contribution in [0.2, 0.25) is 0 Å². The quantitative estimate of drug-likeness (QED) is 0.804. The lowest BCUT2D eigenvalue weighted by Gasteiger charge is -2.14. The molecule has 0 fully saturated rings. The SMILES string of the molecule is COc1cc(NS(=O)(=O)C(C)C)cc(-c2cc(Br)cnc2N)c1. The third-order valence-corrected chi connectivity index (χ3v) is 5.41. The zero-order valence-electron chi connectivity index (χ0n) is 13.0. The number of sulfonamides is 1. The van der Waals surface area contributed by atoms with Crippen LogP contribution in [-0.2, 0) is 10.0 Å². The summed E-state index contributed by atoms with van der Waals surface area (Å²) in [7, 11) is -1.94. The lowest BCUT2D eigenvalue weighted by atomic mass is 10.1. The maximum absolute atomic E-state index is 12.1. The topological polar surface area (TPSA) is 94.3 Å². The first kappa shape index (κ1) is 17.6. The van der Waals surface area contributed by atoms with Gasteiger partial charge in [-0.1, -0.05) is 0 Å². The van der Waals surface area contributed by atoms with Gasteiger partial charge >= 0.3 is 0 Å². The lowest BCUT2D eigenvalue weighted by Crippen LogP contribution is -2.22. The van der Waals surface area contributed by atoms with E-state index in [1.807, 2.05) is 6.07 Å². The molecule has 0 aliphatic carbocycles. The van der Waals surface area contributed by atoms with Gasteiger partial charge in [-0.25, -0.2) is 13.4 Å². The van der Waals surface area contributed by atoms with Crippen molar-refractivity contribution in [3.8, 4) is 16.9 Å². The molecule has 0 spiro atoms. The number of nitrogens with two attached hydrogens (primary N) is 1. The van der Waals surface area contributed by atoms with Crippen LogP contribution in [0.25, 0.3) is 11.1 Å². The van der Waals surface area contributed by atoms with E-state index < -0.39 is 15.3 Å². The number of anilines is 2. The number of benzene rings is 1. The van der Waals surface area contributed by atoms with E-state index in [-0.39, 0.29) is 0 Å². The molecule has 2 aromatic rings. The minimum atomic E-state index is -3.46. The van der Waals surface area contributed by atoms with Crippen molar-refractivity contribution in [1.82, 2.24) is 4.98 Å². The van der Waals surface area contributed by atoms with Crippen molar-refractivity contribution >= 4 is 37.5 Å². The van der Waals surface area contributed by atoms with Gasteiger partial charge in [-0.3, -0.25) is 4.72 Å². The molecule has 0 bridgehead atoms. The standard InChI is InChI=1S/C15H18BrN3O3S/c1-9(2)23(20,21)19-12-4-10(5-13(7-12)22-3)14-6-11(16)8-18-15(14)17/h4-9,19H,1-3H3,(H2,17,18). The molecule has 1 aromatic carbocycles.